The van der Waals surface area contributed by atoms with Crippen molar-refractivity contribution in [2.24, 2.45) is 5.41 Å². The van der Waals surface area contributed by atoms with E-state index in [1.54, 1.807) is 42.5 Å². The van der Waals surface area contributed by atoms with Crippen molar-refractivity contribution in [3.05, 3.63) is 63.6 Å². The highest BCUT2D eigenvalue weighted by Gasteiger charge is 2.42. The van der Waals surface area contributed by atoms with Gasteiger partial charge in [0, 0.05) is 29.5 Å². The molecule has 8 nitrogen and oxygen atoms in total. The van der Waals surface area contributed by atoms with Gasteiger partial charge in [-0.3, -0.25) is 9.59 Å². The first-order chi connectivity index (χ1) is 17.4. The van der Waals surface area contributed by atoms with Crippen LogP contribution >= 0.6 is 23.2 Å². The summed E-state index contributed by atoms with van der Waals surface area (Å²) in [4.78, 5) is 37.7. The molecule has 2 aromatic carbocycles. The maximum atomic E-state index is 13.2. The summed E-state index contributed by atoms with van der Waals surface area (Å²) in [6.45, 7) is 0. The zero-order chi connectivity index (χ0) is 27.2. The molecule has 0 spiro atoms. The van der Waals surface area contributed by atoms with Crippen molar-refractivity contribution in [1.82, 2.24) is 5.32 Å². The molecule has 3 N–H and O–H groups in total. The lowest BCUT2D eigenvalue weighted by Crippen LogP contribution is -2.48. The van der Waals surface area contributed by atoms with Gasteiger partial charge in [-0.1, -0.05) is 54.2 Å². The first-order valence-electron chi connectivity index (χ1n) is 12.0. The molecule has 0 saturated heterocycles. The second-order valence-corrected chi connectivity index (χ2v) is 12.6. The Balaban J connectivity index is 1.65. The van der Waals surface area contributed by atoms with E-state index in [9.17, 15) is 27.9 Å². The van der Waals surface area contributed by atoms with E-state index < -0.39 is 33.2 Å². The highest BCUT2D eigenvalue weighted by molar-refractivity contribution is 7.90. The molecule has 1 aliphatic rings. The Bertz CT molecular complexity index is 1240. The first-order valence-corrected chi connectivity index (χ1v) is 14.8. The Morgan fingerprint density at radius 2 is 1.62 bits per heavy atom. The SMILES string of the molecule is CS(=O)(=O)CCCC1(C(=O)N[C@@H](Cc2ccc(NC(=O)c3c(Cl)cccc3Cl)cc2)C(=O)O)CCCC1. The number of benzene rings is 2. The molecule has 1 aliphatic carbocycles. The maximum absolute atomic E-state index is 13.2. The molecule has 2 aromatic rings. The van der Waals surface area contributed by atoms with E-state index >= 15 is 0 Å². The number of carboxylic acids is 1. The lowest BCUT2D eigenvalue weighted by atomic mass is 9.80. The first kappa shape index (κ1) is 28.9. The number of rotatable bonds is 11. The number of carbonyl (C=O) groups is 3. The molecule has 1 atom stereocenters. The van der Waals surface area contributed by atoms with Crippen LogP contribution in [-0.4, -0.2) is 49.4 Å². The third kappa shape index (κ3) is 7.93. The van der Waals surface area contributed by atoms with Gasteiger partial charge in [0.25, 0.3) is 5.91 Å². The monoisotopic (exact) mass is 568 g/mol. The molecule has 200 valence electrons. The molecule has 1 fully saturated rings. The Labute approximate surface area is 226 Å². The Hall–Kier alpha value is -2.62. The fourth-order valence-corrected chi connectivity index (χ4v) is 5.93. The molecule has 0 aromatic heterocycles. The number of hydrogen-bond acceptors (Lipinski definition) is 5. The second-order valence-electron chi connectivity index (χ2n) is 9.54. The van der Waals surface area contributed by atoms with Gasteiger partial charge < -0.3 is 15.7 Å². The van der Waals surface area contributed by atoms with Crippen LogP contribution in [0.1, 0.15) is 54.4 Å². The second kappa shape index (κ2) is 12.3. The van der Waals surface area contributed by atoms with E-state index in [4.69, 9.17) is 23.2 Å². The number of halogens is 2. The molecule has 0 unspecified atom stereocenters. The van der Waals surface area contributed by atoms with Crippen molar-refractivity contribution in [2.75, 3.05) is 17.3 Å². The van der Waals surface area contributed by atoms with Crippen LogP contribution in [0.3, 0.4) is 0 Å². The van der Waals surface area contributed by atoms with Crippen LogP contribution in [0.5, 0.6) is 0 Å². The lowest BCUT2D eigenvalue weighted by Gasteiger charge is -2.29. The smallest absolute Gasteiger partial charge is 0.326 e. The average Bonchev–Trinajstić information content (AvgIpc) is 3.29. The molecule has 37 heavy (non-hydrogen) atoms. The minimum atomic E-state index is -3.14. The predicted molar refractivity (Wildman–Crippen MR) is 144 cm³/mol. The molecule has 0 heterocycles. The number of sulfone groups is 1. The third-order valence-corrected chi connectivity index (χ3v) is 8.32. The van der Waals surface area contributed by atoms with E-state index in [0.29, 0.717) is 36.9 Å². The van der Waals surface area contributed by atoms with Crippen molar-refractivity contribution in [2.45, 2.75) is 51.0 Å². The summed E-state index contributed by atoms with van der Waals surface area (Å²) in [5, 5.41) is 15.6. The van der Waals surface area contributed by atoms with Crippen LogP contribution in [0.15, 0.2) is 42.5 Å². The minimum absolute atomic E-state index is 0.00401. The van der Waals surface area contributed by atoms with Crippen molar-refractivity contribution < 1.29 is 27.9 Å². The van der Waals surface area contributed by atoms with Gasteiger partial charge in [-0.2, -0.15) is 0 Å². The van der Waals surface area contributed by atoms with Gasteiger partial charge in [0.2, 0.25) is 5.91 Å². The fraction of sp³-hybridized carbons (Fsp3) is 0.423. The van der Waals surface area contributed by atoms with Gasteiger partial charge in [0.15, 0.2) is 0 Å². The number of carbonyl (C=O) groups excluding carboxylic acids is 2. The van der Waals surface area contributed by atoms with E-state index in [1.165, 1.54) is 0 Å². The van der Waals surface area contributed by atoms with Gasteiger partial charge >= 0.3 is 5.97 Å². The lowest BCUT2D eigenvalue weighted by molar-refractivity contribution is -0.144. The molecular weight excluding hydrogens is 539 g/mol. The highest BCUT2D eigenvalue weighted by atomic mass is 35.5. The topological polar surface area (TPSA) is 130 Å². The number of amides is 2. The van der Waals surface area contributed by atoms with Crippen LogP contribution in [-0.2, 0) is 25.8 Å². The zero-order valence-electron chi connectivity index (χ0n) is 20.4. The highest BCUT2D eigenvalue weighted by Crippen LogP contribution is 2.42. The van der Waals surface area contributed by atoms with Crippen molar-refractivity contribution in [3.63, 3.8) is 0 Å². The van der Waals surface area contributed by atoms with Crippen LogP contribution in [0, 0.1) is 5.41 Å². The van der Waals surface area contributed by atoms with Crippen molar-refractivity contribution in [1.29, 1.82) is 0 Å². The van der Waals surface area contributed by atoms with Crippen LogP contribution in [0.25, 0.3) is 0 Å². The quantitative estimate of drug-likeness (QED) is 0.359. The summed E-state index contributed by atoms with van der Waals surface area (Å²) in [5.41, 5.74) is 0.531. The van der Waals surface area contributed by atoms with E-state index in [2.05, 4.69) is 10.6 Å². The molecular formula is C26H30Cl2N2O6S. The number of hydrogen-bond donors (Lipinski definition) is 3. The van der Waals surface area contributed by atoms with Gasteiger partial charge in [-0.05, 0) is 55.5 Å². The maximum Gasteiger partial charge on any atom is 0.326 e. The molecule has 1 saturated carbocycles. The average molecular weight is 570 g/mol. The largest absolute Gasteiger partial charge is 0.480 e. The van der Waals surface area contributed by atoms with Gasteiger partial charge in [0.05, 0.1) is 15.6 Å². The normalized spacial score (nSPS) is 15.6. The van der Waals surface area contributed by atoms with Gasteiger partial charge in [-0.15, -0.1) is 0 Å². The molecule has 0 bridgehead atoms. The summed E-state index contributed by atoms with van der Waals surface area (Å²) in [5.74, 6) is -1.98. The van der Waals surface area contributed by atoms with Crippen LogP contribution in [0.4, 0.5) is 5.69 Å². The summed E-state index contributed by atoms with van der Waals surface area (Å²) >= 11 is 12.2. The van der Waals surface area contributed by atoms with Crippen LogP contribution < -0.4 is 10.6 Å². The number of aliphatic carboxylic acids is 1. The van der Waals surface area contributed by atoms with E-state index in [-0.39, 0.29) is 33.7 Å². The number of nitrogens with one attached hydrogen (secondary N) is 2. The number of anilines is 1. The molecule has 2 amide bonds. The Morgan fingerprint density at radius 3 is 2.16 bits per heavy atom. The zero-order valence-corrected chi connectivity index (χ0v) is 22.8. The molecule has 0 radical (unpaired) electrons. The summed E-state index contributed by atoms with van der Waals surface area (Å²) in [6.07, 6.45) is 4.88. The Kier molecular flexibility index (Phi) is 9.61. The Morgan fingerprint density at radius 1 is 1.03 bits per heavy atom. The minimum Gasteiger partial charge on any atom is -0.480 e. The van der Waals surface area contributed by atoms with Crippen molar-refractivity contribution in [3.8, 4) is 0 Å². The van der Waals surface area contributed by atoms with E-state index in [0.717, 1.165) is 19.1 Å². The standard InChI is InChI=1S/C26H30Cl2N2O6S/c1-37(35,36)15-5-14-26(12-2-3-13-26)25(34)30-21(24(32)33)16-17-8-10-18(11-9-17)29-23(31)22-19(27)6-4-7-20(22)28/h4,6-11,21H,2-3,5,12-16H2,1H3,(H,29,31)(H,30,34)(H,32,33)/t21-/m0/s1. The molecule has 3 rings (SSSR count). The van der Waals surface area contributed by atoms with Crippen molar-refractivity contribution >= 4 is 56.5 Å². The third-order valence-electron chi connectivity index (χ3n) is 6.66. The molecule has 11 heteroatoms. The predicted octanol–water partition coefficient (Wildman–Crippen LogP) is 4.74. The number of carboxylic acid groups (broad SMARTS) is 1. The van der Waals surface area contributed by atoms with Gasteiger partial charge in [0.1, 0.15) is 15.9 Å². The summed E-state index contributed by atoms with van der Waals surface area (Å²) < 4.78 is 23.0. The van der Waals surface area contributed by atoms with Crippen LogP contribution in [0.2, 0.25) is 10.0 Å². The van der Waals surface area contributed by atoms with Gasteiger partial charge in [-0.25, -0.2) is 13.2 Å². The summed E-state index contributed by atoms with van der Waals surface area (Å²) in [7, 11) is -3.14. The molecule has 0 aliphatic heterocycles. The fourth-order valence-electron chi connectivity index (χ4n) is 4.69. The summed E-state index contributed by atoms with van der Waals surface area (Å²) in [6, 6.07) is 10.2. The van der Waals surface area contributed by atoms with E-state index in [1.807, 2.05) is 0 Å².